The normalized spacial score (nSPS) is 18.0. The number of carboxylic acids is 2. The van der Waals surface area contributed by atoms with Crippen LogP contribution >= 0.6 is 0 Å². The molecule has 0 aromatic heterocycles. The molecule has 0 aliphatic rings. The van der Waals surface area contributed by atoms with Crippen molar-refractivity contribution in [3.8, 4) is 0 Å². The Morgan fingerprint density at radius 3 is 1.60 bits per heavy atom. The quantitative estimate of drug-likeness (QED) is 0.605. The zero-order chi connectivity index (χ0) is 11.6. The maximum Gasteiger partial charge on any atom is 0.303 e. The Balaban J connectivity index is 4.67. The monoisotopic (exact) mass is 150 g/mol. The molecular formula is C6H10O4. The van der Waals surface area contributed by atoms with E-state index in [1.54, 1.807) is 0 Å². The highest BCUT2D eigenvalue weighted by Gasteiger charge is 1.99. The lowest BCUT2D eigenvalue weighted by Gasteiger charge is -1.92. The van der Waals surface area contributed by atoms with Crippen LogP contribution in [0, 0.1) is 0 Å². The second-order valence-electron chi connectivity index (χ2n) is 1.49. The van der Waals surface area contributed by atoms with Gasteiger partial charge in [0.15, 0.2) is 0 Å². The summed E-state index contributed by atoms with van der Waals surface area (Å²) in [5.41, 5.74) is 0. The van der Waals surface area contributed by atoms with E-state index >= 15 is 0 Å². The summed E-state index contributed by atoms with van der Waals surface area (Å²) in [6.07, 6.45) is -7.52. The molecule has 0 aromatic carbocycles. The Morgan fingerprint density at radius 1 is 1.10 bits per heavy atom. The van der Waals surface area contributed by atoms with Crippen LogP contribution in [0.3, 0.4) is 0 Å². The van der Waals surface area contributed by atoms with Gasteiger partial charge in [-0.15, -0.1) is 0 Å². The molecule has 0 saturated carbocycles. The second kappa shape index (κ2) is 4.78. The molecule has 0 amide bonds. The molecule has 0 aromatic rings. The van der Waals surface area contributed by atoms with Gasteiger partial charge in [0.2, 0.25) is 0 Å². The average molecular weight is 150 g/mol. The Bertz CT molecular complexity index is 224. The van der Waals surface area contributed by atoms with Crippen molar-refractivity contribution >= 4 is 11.9 Å². The predicted molar refractivity (Wildman–Crippen MR) is 33.7 cm³/mol. The van der Waals surface area contributed by atoms with Crippen molar-refractivity contribution in [3.05, 3.63) is 0 Å². The molecule has 0 atom stereocenters. The fraction of sp³-hybridized carbons (Fsp3) is 0.667. The molecule has 0 aliphatic heterocycles. The van der Waals surface area contributed by atoms with Crippen molar-refractivity contribution in [2.75, 3.05) is 0 Å². The number of carbonyl (C=O) groups is 2. The van der Waals surface area contributed by atoms with Crippen molar-refractivity contribution in [1.82, 2.24) is 0 Å². The van der Waals surface area contributed by atoms with E-state index in [4.69, 9.17) is 15.7 Å². The summed E-state index contributed by atoms with van der Waals surface area (Å²) in [4.78, 5) is 20.4. The van der Waals surface area contributed by atoms with Crippen LogP contribution in [0.2, 0.25) is 0 Å². The minimum Gasteiger partial charge on any atom is -0.481 e. The van der Waals surface area contributed by atoms with Gasteiger partial charge >= 0.3 is 11.9 Å². The average Bonchev–Trinajstić information content (AvgIpc) is 1.78. The van der Waals surface area contributed by atoms with Crippen molar-refractivity contribution in [2.24, 2.45) is 0 Å². The summed E-state index contributed by atoms with van der Waals surface area (Å²) in [6.45, 7) is 0. The summed E-state index contributed by atoms with van der Waals surface area (Å²) < 4.78 is 28.4. The van der Waals surface area contributed by atoms with E-state index in [0.29, 0.717) is 0 Å². The topological polar surface area (TPSA) is 74.6 Å². The molecule has 0 spiro atoms. The molecule has 2 N–H and O–H groups in total. The molecule has 0 fully saturated rings. The highest BCUT2D eigenvalue weighted by molar-refractivity contribution is 5.67. The van der Waals surface area contributed by atoms with Crippen molar-refractivity contribution in [2.45, 2.75) is 25.6 Å². The fourth-order valence-corrected chi connectivity index (χ4v) is 0.276. The van der Waals surface area contributed by atoms with Gasteiger partial charge in [-0.2, -0.15) is 0 Å². The van der Waals surface area contributed by atoms with E-state index in [2.05, 4.69) is 0 Å². The molecule has 4 heteroatoms. The van der Waals surface area contributed by atoms with E-state index in [1.165, 1.54) is 0 Å². The zero-order valence-electron chi connectivity index (χ0n) is 9.13. The summed E-state index contributed by atoms with van der Waals surface area (Å²) in [5, 5.41) is 16.6. The fourth-order valence-electron chi connectivity index (χ4n) is 0.276. The number of aliphatic carboxylic acids is 2. The van der Waals surface area contributed by atoms with Gasteiger partial charge in [-0.05, 0) is 12.7 Å². The molecule has 0 unspecified atom stereocenters. The van der Waals surface area contributed by atoms with Crippen LogP contribution in [0.15, 0.2) is 0 Å². The maximum absolute atomic E-state index is 10.2. The van der Waals surface area contributed by atoms with Crippen LogP contribution in [0.4, 0.5) is 0 Å². The lowest BCUT2D eigenvalue weighted by Crippen LogP contribution is -1.97. The molecule has 0 rings (SSSR count). The molecule has 0 saturated heterocycles. The van der Waals surface area contributed by atoms with Crippen molar-refractivity contribution in [1.29, 1.82) is 0 Å². The highest BCUT2D eigenvalue weighted by atomic mass is 16.4. The standard InChI is InChI=1S/C6H10O4/c7-5(8)3-1-2-4-6(9)10/h1-4H2,(H,7,8)(H,9,10)/i1D2,2D2. The zero-order valence-corrected chi connectivity index (χ0v) is 5.13. The van der Waals surface area contributed by atoms with E-state index in [1.807, 2.05) is 0 Å². The van der Waals surface area contributed by atoms with Crippen molar-refractivity contribution in [3.63, 3.8) is 0 Å². The Morgan fingerprint density at radius 2 is 1.40 bits per heavy atom. The smallest absolute Gasteiger partial charge is 0.303 e. The summed E-state index contributed by atoms with van der Waals surface area (Å²) >= 11 is 0. The maximum atomic E-state index is 10.2. The van der Waals surface area contributed by atoms with Gasteiger partial charge in [0.25, 0.3) is 0 Å². The van der Waals surface area contributed by atoms with Crippen LogP contribution in [-0.4, -0.2) is 22.2 Å². The minimum absolute atomic E-state index is 1.06. The Hall–Kier alpha value is -1.06. The third-order valence-electron chi connectivity index (χ3n) is 0.604. The number of hydrogen-bond donors (Lipinski definition) is 2. The predicted octanol–water partition coefficient (Wildman–Crippen LogP) is 0.716. The Kier molecular flexibility index (Phi) is 1.89. The third kappa shape index (κ3) is 6.94. The number of rotatable bonds is 5. The lowest BCUT2D eigenvalue weighted by molar-refractivity contribution is -0.139. The largest absolute Gasteiger partial charge is 0.481 e. The van der Waals surface area contributed by atoms with Crippen LogP contribution in [0.1, 0.15) is 31.1 Å². The first-order chi connectivity index (χ1) is 6.08. The molecule has 4 nitrogen and oxygen atoms in total. The highest BCUT2D eigenvalue weighted by Crippen LogP contribution is 1.98. The van der Waals surface area contributed by atoms with Gasteiger partial charge in [-0.1, -0.05) is 0 Å². The molecule has 0 aliphatic carbocycles. The number of hydrogen-bond acceptors (Lipinski definition) is 2. The van der Waals surface area contributed by atoms with Gasteiger partial charge in [0, 0.05) is 18.3 Å². The Labute approximate surface area is 64.1 Å². The van der Waals surface area contributed by atoms with Crippen molar-refractivity contribution < 1.29 is 25.3 Å². The van der Waals surface area contributed by atoms with E-state index in [9.17, 15) is 9.59 Å². The first-order valence-corrected chi connectivity index (χ1v) is 2.52. The molecule has 58 valence electrons. The minimum atomic E-state index is -2.70. The lowest BCUT2D eigenvalue weighted by atomic mass is 10.2. The van der Waals surface area contributed by atoms with E-state index < -0.39 is 37.5 Å². The number of carboxylic acid groups (broad SMARTS) is 2. The molecule has 0 radical (unpaired) electrons. The van der Waals surface area contributed by atoms with Gasteiger partial charge in [0.05, 0.1) is 0 Å². The van der Waals surface area contributed by atoms with Crippen LogP contribution in [0.5, 0.6) is 0 Å². The third-order valence-corrected chi connectivity index (χ3v) is 0.604. The van der Waals surface area contributed by atoms with Gasteiger partial charge in [0.1, 0.15) is 0 Å². The van der Waals surface area contributed by atoms with Gasteiger partial charge < -0.3 is 10.2 Å². The van der Waals surface area contributed by atoms with Crippen LogP contribution < -0.4 is 0 Å². The van der Waals surface area contributed by atoms with E-state index in [-0.39, 0.29) is 0 Å². The first-order valence-electron chi connectivity index (χ1n) is 4.52. The van der Waals surface area contributed by atoms with Gasteiger partial charge in [-0.3, -0.25) is 9.59 Å². The summed E-state index contributed by atoms with van der Waals surface area (Å²) in [6, 6.07) is 0. The van der Waals surface area contributed by atoms with Gasteiger partial charge in [-0.25, -0.2) is 0 Å². The van der Waals surface area contributed by atoms with Crippen LogP contribution in [0.25, 0.3) is 0 Å². The van der Waals surface area contributed by atoms with E-state index in [0.717, 1.165) is 0 Å². The summed E-state index contributed by atoms with van der Waals surface area (Å²) in [7, 11) is 0. The molecule has 10 heavy (non-hydrogen) atoms. The SMILES string of the molecule is [2H]C([2H])(CC(=O)O)C([2H])([2H])CC(=O)O. The molecular weight excluding hydrogens is 136 g/mol. The molecule has 0 bridgehead atoms. The second-order valence-corrected chi connectivity index (χ2v) is 1.49. The molecule has 0 heterocycles. The summed E-state index contributed by atoms with van der Waals surface area (Å²) in [5.74, 6) is -3.02. The first kappa shape index (κ1) is 3.95. The van der Waals surface area contributed by atoms with Crippen LogP contribution in [-0.2, 0) is 9.59 Å².